The van der Waals surface area contributed by atoms with Gasteiger partial charge in [0.15, 0.2) is 0 Å². The fourth-order valence-corrected chi connectivity index (χ4v) is 3.43. The zero-order chi connectivity index (χ0) is 19.7. The molecule has 160 valence electrons. The first-order chi connectivity index (χ1) is 13.2. The Morgan fingerprint density at radius 1 is 0.889 bits per heavy atom. The number of ether oxygens (including phenoxy) is 2. The molecule has 0 spiro atoms. The van der Waals surface area contributed by atoms with Gasteiger partial charge in [0.1, 0.15) is 24.4 Å². The normalized spacial score (nSPS) is 26.1. The second-order valence-electron chi connectivity index (χ2n) is 7.68. The number of unbranched alkanes of at least 4 members (excludes halogenated alkanes) is 10. The first-order valence-electron chi connectivity index (χ1n) is 11.1. The molecule has 5 nitrogen and oxygen atoms in total. The van der Waals surface area contributed by atoms with E-state index in [1.54, 1.807) is 0 Å². The summed E-state index contributed by atoms with van der Waals surface area (Å²) in [6.07, 6.45) is 16.3. The van der Waals surface area contributed by atoms with E-state index in [4.69, 9.17) is 9.47 Å². The number of hydrogen-bond acceptors (Lipinski definition) is 5. The molecule has 1 aliphatic rings. The highest BCUT2D eigenvalue weighted by atomic mass is 16.6. The highest BCUT2D eigenvalue weighted by molar-refractivity contribution is 4.87. The fraction of sp³-hybridized carbons (Fsp3) is 0.909. The van der Waals surface area contributed by atoms with Gasteiger partial charge in [0.2, 0.25) is 0 Å². The summed E-state index contributed by atoms with van der Waals surface area (Å²) in [4.78, 5) is 0. The van der Waals surface area contributed by atoms with Gasteiger partial charge >= 0.3 is 0 Å². The van der Waals surface area contributed by atoms with Crippen molar-refractivity contribution < 1.29 is 24.8 Å². The van der Waals surface area contributed by atoms with Crippen LogP contribution in [0.1, 0.15) is 84.0 Å². The first-order valence-corrected chi connectivity index (χ1v) is 11.1. The van der Waals surface area contributed by atoms with Crippen molar-refractivity contribution >= 4 is 0 Å². The predicted molar refractivity (Wildman–Crippen MR) is 109 cm³/mol. The molecule has 0 aromatic heterocycles. The van der Waals surface area contributed by atoms with Gasteiger partial charge in [-0.1, -0.05) is 64.0 Å². The molecule has 1 aliphatic heterocycles. The third-order valence-electron chi connectivity index (χ3n) is 5.22. The average molecular weight is 387 g/mol. The summed E-state index contributed by atoms with van der Waals surface area (Å²) in [6.45, 7) is 2.60. The molecule has 4 atom stereocenters. The SMILES string of the molecule is CCCCC/C=C/CCCCCCCCCO[C@@H]1[C@@H](O)[C@H](O)CO[C@H]1CO. The number of hydrogen-bond donors (Lipinski definition) is 3. The Hall–Kier alpha value is -0.460. The molecule has 0 bridgehead atoms. The van der Waals surface area contributed by atoms with Crippen LogP contribution in [-0.2, 0) is 9.47 Å². The monoisotopic (exact) mass is 386 g/mol. The van der Waals surface area contributed by atoms with Gasteiger partial charge in [-0.15, -0.1) is 0 Å². The molecule has 0 aromatic rings. The van der Waals surface area contributed by atoms with E-state index in [0.717, 1.165) is 12.8 Å². The van der Waals surface area contributed by atoms with E-state index in [-0.39, 0.29) is 13.2 Å². The molecule has 0 aliphatic carbocycles. The lowest BCUT2D eigenvalue weighted by Crippen LogP contribution is -2.55. The van der Waals surface area contributed by atoms with Crippen LogP contribution < -0.4 is 0 Å². The van der Waals surface area contributed by atoms with Gasteiger partial charge in [0, 0.05) is 6.61 Å². The molecule has 0 aromatic carbocycles. The van der Waals surface area contributed by atoms with Crippen LogP contribution in [0.4, 0.5) is 0 Å². The standard InChI is InChI=1S/C22H42O5/c1-2-3-4-5-6-7-8-9-10-11-12-13-14-15-16-26-22-20(17-23)27-18-19(24)21(22)25/h6-7,19-25H,2-5,8-18H2,1H3/b7-6+/t19-,20+,21+,22+/m1/s1. The minimum atomic E-state index is -0.989. The minimum absolute atomic E-state index is 0.0426. The van der Waals surface area contributed by atoms with Crippen molar-refractivity contribution in [2.45, 2.75) is 108 Å². The quantitative estimate of drug-likeness (QED) is 0.278. The third-order valence-corrected chi connectivity index (χ3v) is 5.22. The fourth-order valence-electron chi connectivity index (χ4n) is 3.43. The maximum Gasteiger partial charge on any atom is 0.114 e. The molecular formula is C22H42O5. The van der Waals surface area contributed by atoms with Crippen molar-refractivity contribution in [3.8, 4) is 0 Å². The molecule has 1 saturated heterocycles. The highest BCUT2D eigenvalue weighted by Gasteiger charge is 2.39. The van der Waals surface area contributed by atoms with Crippen molar-refractivity contribution in [1.29, 1.82) is 0 Å². The molecule has 0 amide bonds. The first kappa shape index (κ1) is 24.6. The van der Waals surface area contributed by atoms with Crippen LogP contribution in [-0.4, -0.2) is 59.6 Å². The summed E-state index contributed by atoms with van der Waals surface area (Å²) in [5.74, 6) is 0. The maximum absolute atomic E-state index is 9.98. The number of aliphatic hydroxyl groups is 3. The molecule has 5 heteroatoms. The Balaban J connectivity index is 1.91. The zero-order valence-corrected chi connectivity index (χ0v) is 17.2. The highest BCUT2D eigenvalue weighted by Crippen LogP contribution is 2.19. The zero-order valence-electron chi connectivity index (χ0n) is 17.2. The summed E-state index contributed by atoms with van der Waals surface area (Å²) in [7, 11) is 0. The van der Waals surface area contributed by atoms with Crippen molar-refractivity contribution in [1.82, 2.24) is 0 Å². The number of allylic oxidation sites excluding steroid dienone is 2. The van der Waals surface area contributed by atoms with Crippen LogP contribution in [0.15, 0.2) is 12.2 Å². The molecule has 1 heterocycles. The van der Waals surface area contributed by atoms with Crippen molar-refractivity contribution in [3.63, 3.8) is 0 Å². The minimum Gasteiger partial charge on any atom is -0.394 e. The Morgan fingerprint density at radius 3 is 2.11 bits per heavy atom. The van der Waals surface area contributed by atoms with Gasteiger partial charge in [0.05, 0.1) is 13.2 Å². The lowest BCUT2D eigenvalue weighted by Gasteiger charge is -2.37. The lowest BCUT2D eigenvalue weighted by molar-refractivity contribution is -0.211. The molecule has 0 unspecified atom stereocenters. The Labute approximate surface area is 165 Å². The smallest absolute Gasteiger partial charge is 0.114 e. The number of rotatable bonds is 16. The largest absolute Gasteiger partial charge is 0.394 e. The van der Waals surface area contributed by atoms with Gasteiger partial charge in [0.25, 0.3) is 0 Å². The van der Waals surface area contributed by atoms with Crippen LogP contribution in [0, 0.1) is 0 Å². The van der Waals surface area contributed by atoms with Crippen LogP contribution in [0.5, 0.6) is 0 Å². The van der Waals surface area contributed by atoms with Gasteiger partial charge in [-0.05, 0) is 32.1 Å². The number of aliphatic hydroxyl groups excluding tert-OH is 3. The Morgan fingerprint density at radius 2 is 1.48 bits per heavy atom. The van der Waals surface area contributed by atoms with E-state index in [9.17, 15) is 15.3 Å². The molecular weight excluding hydrogens is 344 g/mol. The predicted octanol–water partition coefficient (Wildman–Crippen LogP) is 3.74. The van der Waals surface area contributed by atoms with E-state index in [1.807, 2.05) is 0 Å². The molecule has 0 radical (unpaired) electrons. The molecule has 0 saturated carbocycles. The second-order valence-corrected chi connectivity index (χ2v) is 7.68. The Bertz CT molecular complexity index is 359. The van der Waals surface area contributed by atoms with E-state index >= 15 is 0 Å². The van der Waals surface area contributed by atoms with E-state index in [0.29, 0.717) is 6.61 Å². The topological polar surface area (TPSA) is 79.2 Å². The van der Waals surface area contributed by atoms with E-state index < -0.39 is 24.4 Å². The summed E-state index contributed by atoms with van der Waals surface area (Å²) in [6, 6.07) is 0. The molecule has 1 rings (SSSR count). The third kappa shape index (κ3) is 11.2. The van der Waals surface area contributed by atoms with E-state index in [1.165, 1.54) is 64.2 Å². The average Bonchev–Trinajstić information content (AvgIpc) is 2.68. The van der Waals surface area contributed by atoms with Crippen LogP contribution in [0.25, 0.3) is 0 Å². The van der Waals surface area contributed by atoms with Crippen molar-refractivity contribution in [2.75, 3.05) is 19.8 Å². The van der Waals surface area contributed by atoms with Crippen LogP contribution in [0.3, 0.4) is 0 Å². The van der Waals surface area contributed by atoms with Crippen LogP contribution in [0.2, 0.25) is 0 Å². The van der Waals surface area contributed by atoms with Gasteiger partial charge in [-0.2, -0.15) is 0 Å². The van der Waals surface area contributed by atoms with Gasteiger partial charge in [-0.25, -0.2) is 0 Å². The Kier molecular flexibility index (Phi) is 15.0. The second kappa shape index (κ2) is 16.5. The lowest BCUT2D eigenvalue weighted by atomic mass is 10.0. The molecule has 1 fully saturated rings. The van der Waals surface area contributed by atoms with Gasteiger partial charge in [-0.3, -0.25) is 0 Å². The van der Waals surface area contributed by atoms with Crippen molar-refractivity contribution in [3.05, 3.63) is 12.2 Å². The summed E-state index contributed by atoms with van der Waals surface area (Å²) in [5, 5.41) is 28.9. The summed E-state index contributed by atoms with van der Waals surface area (Å²) < 4.78 is 11.0. The summed E-state index contributed by atoms with van der Waals surface area (Å²) >= 11 is 0. The molecule has 3 N–H and O–H groups in total. The molecule has 27 heavy (non-hydrogen) atoms. The summed E-state index contributed by atoms with van der Waals surface area (Å²) in [5.41, 5.74) is 0. The van der Waals surface area contributed by atoms with E-state index in [2.05, 4.69) is 19.1 Å². The maximum atomic E-state index is 9.98. The van der Waals surface area contributed by atoms with Gasteiger partial charge < -0.3 is 24.8 Å². The van der Waals surface area contributed by atoms with Crippen LogP contribution >= 0.6 is 0 Å². The van der Waals surface area contributed by atoms with Crippen molar-refractivity contribution in [2.24, 2.45) is 0 Å².